The molecule has 27 heavy (non-hydrogen) atoms. The van der Waals surface area contributed by atoms with Gasteiger partial charge in [-0.1, -0.05) is 49.4 Å². The van der Waals surface area contributed by atoms with Crippen LogP contribution in [0.5, 0.6) is 0 Å². The Morgan fingerprint density at radius 2 is 1.70 bits per heavy atom. The number of nitrogens with one attached hydrogen (secondary N) is 2. The van der Waals surface area contributed by atoms with Crippen LogP contribution in [0.25, 0.3) is 0 Å². The minimum Gasteiger partial charge on any atom is -0.355 e. The molecule has 1 atom stereocenters. The molecule has 1 unspecified atom stereocenters. The summed E-state index contributed by atoms with van der Waals surface area (Å²) in [6, 6.07) is 18.1. The number of aromatic amines is 1. The molecule has 2 aromatic carbocycles. The lowest BCUT2D eigenvalue weighted by atomic mass is 9.97. The molecule has 0 fully saturated rings. The highest BCUT2D eigenvalue weighted by Gasteiger charge is 2.18. The van der Waals surface area contributed by atoms with E-state index in [1.54, 1.807) is 24.3 Å². The number of carbonyl (C=O) groups is 1. The van der Waals surface area contributed by atoms with Gasteiger partial charge in [0.1, 0.15) is 0 Å². The highest BCUT2D eigenvalue weighted by Crippen LogP contribution is 2.27. The monoisotopic (exact) mass is 383 g/mol. The second kappa shape index (κ2) is 7.38. The van der Waals surface area contributed by atoms with Crippen molar-refractivity contribution < 1.29 is 13.2 Å². The van der Waals surface area contributed by atoms with E-state index >= 15 is 0 Å². The van der Waals surface area contributed by atoms with Gasteiger partial charge in [0.2, 0.25) is 5.78 Å². The molecule has 140 valence electrons. The zero-order valence-electron chi connectivity index (χ0n) is 15.1. The Labute approximate surface area is 158 Å². The molecule has 3 aromatic rings. The summed E-state index contributed by atoms with van der Waals surface area (Å²) in [5, 5.41) is 4.98. The molecule has 0 aliphatic heterocycles. The van der Waals surface area contributed by atoms with E-state index in [2.05, 4.69) is 9.71 Å². The van der Waals surface area contributed by atoms with Crippen LogP contribution in [-0.4, -0.2) is 19.2 Å². The normalized spacial score (nSPS) is 12.6. The molecule has 4 N–H and O–H groups in total. The molecule has 1 heterocycles. The van der Waals surface area contributed by atoms with Gasteiger partial charge in [-0.2, -0.15) is 8.42 Å². The molecule has 1 aromatic heterocycles. The number of anilines is 1. The summed E-state index contributed by atoms with van der Waals surface area (Å²) in [5.74, 6) is -0.0381. The van der Waals surface area contributed by atoms with Crippen LogP contribution < -0.4 is 9.86 Å². The van der Waals surface area contributed by atoms with E-state index in [0.29, 0.717) is 16.9 Å². The highest BCUT2D eigenvalue weighted by molar-refractivity contribution is 7.90. The number of benzene rings is 2. The number of aromatic nitrogens is 1. The van der Waals surface area contributed by atoms with Crippen LogP contribution in [0.15, 0.2) is 60.7 Å². The molecule has 0 radical (unpaired) electrons. The van der Waals surface area contributed by atoms with Gasteiger partial charge in [-0.05, 0) is 36.2 Å². The molecule has 0 saturated carbocycles. The van der Waals surface area contributed by atoms with Gasteiger partial charge in [0.05, 0.1) is 5.69 Å². The zero-order valence-corrected chi connectivity index (χ0v) is 15.9. The van der Waals surface area contributed by atoms with Gasteiger partial charge in [0.25, 0.3) is 10.2 Å². The van der Waals surface area contributed by atoms with Gasteiger partial charge in [-0.25, -0.2) is 5.14 Å². The number of ketones is 1. The Morgan fingerprint density at radius 3 is 2.30 bits per heavy atom. The fourth-order valence-electron chi connectivity index (χ4n) is 2.97. The Bertz CT molecular complexity index is 1060. The Morgan fingerprint density at radius 1 is 1.07 bits per heavy atom. The second-order valence-electron chi connectivity index (χ2n) is 6.47. The van der Waals surface area contributed by atoms with E-state index in [1.165, 1.54) is 0 Å². The summed E-state index contributed by atoms with van der Waals surface area (Å²) in [6.45, 7) is 3.92. The minimum atomic E-state index is -3.79. The molecule has 0 spiro atoms. The number of hydrogen-bond donors (Lipinski definition) is 3. The van der Waals surface area contributed by atoms with E-state index in [0.717, 1.165) is 16.8 Å². The molecular weight excluding hydrogens is 362 g/mol. The average molecular weight is 383 g/mol. The van der Waals surface area contributed by atoms with Gasteiger partial charge < -0.3 is 4.98 Å². The molecule has 0 aliphatic carbocycles. The maximum absolute atomic E-state index is 12.7. The lowest BCUT2D eigenvalue weighted by molar-refractivity contribution is 0.103. The van der Waals surface area contributed by atoms with Crippen molar-refractivity contribution in [1.29, 1.82) is 0 Å². The van der Waals surface area contributed by atoms with Crippen LogP contribution in [-0.2, 0) is 10.2 Å². The SMILES string of the molecule is Cc1cc(C(C)c2ccc(NS(N)(=O)=O)cc2)[nH]c1C(=O)c1ccccc1. The van der Waals surface area contributed by atoms with E-state index in [9.17, 15) is 13.2 Å². The van der Waals surface area contributed by atoms with E-state index in [-0.39, 0.29) is 11.7 Å². The summed E-state index contributed by atoms with van der Waals surface area (Å²) >= 11 is 0. The first-order valence-electron chi connectivity index (χ1n) is 8.44. The minimum absolute atomic E-state index is 0.00422. The van der Waals surface area contributed by atoms with E-state index in [1.807, 2.05) is 50.2 Å². The molecule has 0 saturated heterocycles. The number of hydrogen-bond acceptors (Lipinski definition) is 3. The van der Waals surface area contributed by atoms with Gasteiger partial charge in [-0.3, -0.25) is 9.52 Å². The third-order valence-electron chi connectivity index (χ3n) is 4.44. The Kier molecular flexibility index (Phi) is 5.16. The van der Waals surface area contributed by atoms with Crippen LogP contribution in [0.1, 0.15) is 45.7 Å². The van der Waals surface area contributed by atoms with Crippen molar-refractivity contribution in [1.82, 2.24) is 4.98 Å². The van der Waals surface area contributed by atoms with E-state index in [4.69, 9.17) is 5.14 Å². The molecular formula is C20H21N3O3S. The van der Waals surface area contributed by atoms with Crippen molar-refractivity contribution in [2.45, 2.75) is 19.8 Å². The Balaban J connectivity index is 1.84. The van der Waals surface area contributed by atoms with Crippen LogP contribution >= 0.6 is 0 Å². The third-order valence-corrected chi connectivity index (χ3v) is 4.96. The first-order chi connectivity index (χ1) is 12.7. The summed E-state index contributed by atoms with van der Waals surface area (Å²) in [7, 11) is -3.79. The van der Waals surface area contributed by atoms with Crippen molar-refractivity contribution in [3.8, 4) is 0 Å². The Hall–Kier alpha value is -2.90. The predicted molar refractivity (Wildman–Crippen MR) is 106 cm³/mol. The number of nitrogens with two attached hydrogens (primary N) is 1. The quantitative estimate of drug-likeness (QED) is 0.569. The fourth-order valence-corrected chi connectivity index (χ4v) is 3.44. The lowest BCUT2D eigenvalue weighted by Crippen LogP contribution is -2.21. The van der Waals surface area contributed by atoms with Gasteiger partial charge >= 0.3 is 0 Å². The maximum atomic E-state index is 12.7. The van der Waals surface area contributed by atoms with Crippen molar-refractivity contribution in [2.24, 2.45) is 5.14 Å². The molecule has 0 bridgehead atoms. The standard InChI is InChI=1S/C20H21N3O3S/c1-13-12-18(22-19(13)20(24)16-6-4-3-5-7-16)14(2)15-8-10-17(11-9-15)23-27(21,25)26/h3-12,14,22-23H,1-2H3,(H2,21,25,26). The molecule has 6 nitrogen and oxygen atoms in total. The van der Waals surface area contributed by atoms with Crippen LogP contribution in [0.2, 0.25) is 0 Å². The molecule has 0 aliphatic rings. The lowest BCUT2D eigenvalue weighted by Gasteiger charge is -2.11. The van der Waals surface area contributed by atoms with Gasteiger partial charge in [-0.15, -0.1) is 0 Å². The third kappa shape index (κ3) is 4.45. The van der Waals surface area contributed by atoms with Crippen molar-refractivity contribution >= 4 is 21.7 Å². The number of carbonyl (C=O) groups excluding carboxylic acids is 1. The second-order valence-corrected chi connectivity index (χ2v) is 7.76. The summed E-state index contributed by atoms with van der Waals surface area (Å²) in [6.07, 6.45) is 0. The molecule has 3 rings (SSSR count). The highest BCUT2D eigenvalue weighted by atomic mass is 32.2. The molecule has 7 heteroatoms. The molecule has 0 amide bonds. The fraction of sp³-hybridized carbons (Fsp3) is 0.150. The zero-order chi connectivity index (χ0) is 19.6. The topological polar surface area (TPSA) is 105 Å². The number of aryl methyl sites for hydroxylation is 1. The number of rotatable bonds is 6. The first kappa shape index (κ1) is 18.9. The maximum Gasteiger partial charge on any atom is 0.296 e. The largest absolute Gasteiger partial charge is 0.355 e. The van der Waals surface area contributed by atoms with Crippen LogP contribution in [0.4, 0.5) is 5.69 Å². The number of H-pyrrole nitrogens is 1. The summed E-state index contributed by atoms with van der Waals surface area (Å²) in [5.41, 5.74) is 4.40. The smallest absolute Gasteiger partial charge is 0.296 e. The first-order valence-corrected chi connectivity index (χ1v) is 9.99. The summed E-state index contributed by atoms with van der Waals surface area (Å²) < 4.78 is 24.4. The van der Waals surface area contributed by atoms with E-state index < -0.39 is 10.2 Å². The predicted octanol–water partition coefficient (Wildman–Crippen LogP) is 3.32. The van der Waals surface area contributed by atoms with Crippen LogP contribution in [0.3, 0.4) is 0 Å². The van der Waals surface area contributed by atoms with Crippen molar-refractivity contribution in [3.05, 3.63) is 88.7 Å². The van der Waals surface area contributed by atoms with Gasteiger partial charge in [0.15, 0.2) is 0 Å². The van der Waals surface area contributed by atoms with Crippen LogP contribution in [0, 0.1) is 6.92 Å². The van der Waals surface area contributed by atoms with Crippen molar-refractivity contribution in [3.63, 3.8) is 0 Å². The summed E-state index contributed by atoms with van der Waals surface area (Å²) in [4.78, 5) is 16.0. The van der Waals surface area contributed by atoms with Gasteiger partial charge in [0, 0.05) is 22.9 Å². The average Bonchev–Trinajstić information content (AvgIpc) is 3.02. The van der Waals surface area contributed by atoms with Crippen molar-refractivity contribution in [2.75, 3.05) is 4.72 Å².